The normalized spacial score (nSPS) is 24.1. The van der Waals surface area contributed by atoms with Crippen LogP contribution in [0.3, 0.4) is 0 Å². The van der Waals surface area contributed by atoms with Crippen LogP contribution in [0.4, 0.5) is 0 Å². The summed E-state index contributed by atoms with van der Waals surface area (Å²) in [6.45, 7) is 10.4. The van der Waals surface area contributed by atoms with Gasteiger partial charge in [-0.15, -0.1) is 0 Å². The molecule has 2 fully saturated rings. The van der Waals surface area contributed by atoms with Crippen LogP contribution in [0.2, 0.25) is 0 Å². The molecule has 1 N–H and O–H groups in total. The van der Waals surface area contributed by atoms with Gasteiger partial charge in [-0.05, 0) is 44.8 Å². The predicted molar refractivity (Wildman–Crippen MR) is 92.2 cm³/mol. The summed E-state index contributed by atoms with van der Waals surface area (Å²) in [5, 5.41) is 3.48. The zero-order valence-electron chi connectivity index (χ0n) is 13.9. The van der Waals surface area contributed by atoms with Crippen LogP contribution in [0.25, 0.3) is 0 Å². The number of nitrogens with zero attached hydrogens (tertiary/aromatic N) is 2. The number of likely N-dealkylation sites (tertiary alicyclic amines) is 1. The quantitative estimate of drug-likeness (QED) is 0.639. The van der Waals surface area contributed by atoms with Crippen molar-refractivity contribution in [2.75, 3.05) is 45.6 Å². The lowest BCUT2D eigenvalue weighted by molar-refractivity contribution is 0.0793. The van der Waals surface area contributed by atoms with Crippen LogP contribution in [-0.2, 0) is 4.74 Å². The Morgan fingerprint density at radius 3 is 2.57 bits per heavy atom. The van der Waals surface area contributed by atoms with Gasteiger partial charge in [0, 0.05) is 37.6 Å². The van der Waals surface area contributed by atoms with Crippen LogP contribution in [-0.4, -0.2) is 61.3 Å². The van der Waals surface area contributed by atoms with Crippen LogP contribution >= 0.6 is 11.8 Å². The number of guanidine groups is 1. The van der Waals surface area contributed by atoms with E-state index in [-0.39, 0.29) is 4.75 Å². The minimum atomic E-state index is 0.280. The second kappa shape index (κ2) is 8.28. The van der Waals surface area contributed by atoms with Crippen molar-refractivity contribution in [3.8, 4) is 0 Å². The summed E-state index contributed by atoms with van der Waals surface area (Å²) in [5.41, 5.74) is 0. The van der Waals surface area contributed by atoms with E-state index in [2.05, 4.69) is 30.3 Å². The molecule has 0 unspecified atom stereocenters. The molecule has 2 aliphatic rings. The Labute approximate surface area is 134 Å². The molecule has 0 aromatic heterocycles. The lowest BCUT2D eigenvalue weighted by Gasteiger charge is -2.36. The van der Waals surface area contributed by atoms with Crippen LogP contribution < -0.4 is 5.32 Å². The van der Waals surface area contributed by atoms with Crippen molar-refractivity contribution in [2.24, 2.45) is 10.9 Å². The Morgan fingerprint density at radius 1 is 1.33 bits per heavy atom. The minimum absolute atomic E-state index is 0.280. The maximum atomic E-state index is 5.52. The summed E-state index contributed by atoms with van der Waals surface area (Å²) in [7, 11) is 0. The standard InChI is InChI=1S/C16H31N3OS/c1-4-17-15(19-9-5-14(2)6-10-19)18-13-16(21-3)7-11-20-12-8-16/h14H,4-13H2,1-3H3,(H,17,18). The Bertz CT molecular complexity index is 334. The maximum absolute atomic E-state index is 5.52. The van der Waals surface area contributed by atoms with Crippen molar-refractivity contribution >= 4 is 17.7 Å². The molecule has 2 heterocycles. The zero-order chi connectivity index (χ0) is 15.1. The highest BCUT2D eigenvalue weighted by molar-refractivity contribution is 8.00. The molecular formula is C16H31N3OS. The maximum Gasteiger partial charge on any atom is 0.193 e. The Hall–Kier alpha value is -0.420. The number of hydrogen-bond donors (Lipinski definition) is 1. The smallest absolute Gasteiger partial charge is 0.193 e. The van der Waals surface area contributed by atoms with Crippen LogP contribution in [0, 0.1) is 5.92 Å². The van der Waals surface area contributed by atoms with Crippen LogP contribution in [0.1, 0.15) is 39.5 Å². The fourth-order valence-corrected chi connectivity index (χ4v) is 3.80. The summed E-state index contributed by atoms with van der Waals surface area (Å²) in [6.07, 6.45) is 7.02. The molecule has 4 nitrogen and oxygen atoms in total. The van der Waals surface area contributed by atoms with Gasteiger partial charge in [0.1, 0.15) is 0 Å². The van der Waals surface area contributed by atoms with Crippen molar-refractivity contribution in [1.82, 2.24) is 10.2 Å². The van der Waals surface area contributed by atoms with Gasteiger partial charge < -0.3 is 15.0 Å². The second-order valence-corrected chi connectivity index (χ2v) is 7.61. The summed E-state index contributed by atoms with van der Waals surface area (Å²) in [6, 6.07) is 0. The molecule has 0 spiro atoms. The fourth-order valence-electron chi connectivity index (χ4n) is 3.04. The van der Waals surface area contributed by atoms with E-state index >= 15 is 0 Å². The first-order valence-electron chi connectivity index (χ1n) is 8.35. The third-order valence-electron chi connectivity index (χ3n) is 4.77. The highest BCUT2D eigenvalue weighted by Crippen LogP contribution is 2.34. The molecule has 0 atom stereocenters. The minimum Gasteiger partial charge on any atom is -0.381 e. The molecule has 0 bridgehead atoms. The van der Waals surface area contributed by atoms with Gasteiger partial charge in [-0.3, -0.25) is 4.99 Å². The molecular weight excluding hydrogens is 282 g/mol. The molecule has 2 rings (SSSR count). The van der Waals surface area contributed by atoms with Gasteiger partial charge in [-0.1, -0.05) is 6.92 Å². The number of thioether (sulfide) groups is 1. The first kappa shape index (κ1) is 16.9. The number of piperidine rings is 1. The number of aliphatic imine (C=N–C) groups is 1. The van der Waals surface area contributed by atoms with Gasteiger partial charge in [0.25, 0.3) is 0 Å². The number of hydrogen-bond acceptors (Lipinski definition) is 3. The monoisotopic (exact) mass is 313 g/mol. The third-order valence-corrected chi connectivity index (χ3v) is 6.18. The van der Waals surface area contributed by atoms with Crippen LogP contribution in [0.15, 0.2) is 4.99 Å². The molecule has 2 aliphatic heterocycles. The lowest BCUT2D eigenvalue weighted by Crippen LogP contribution is -2.46. The number of ether oxygens (including phenoxy) is 1. The molecule has 0 amide bonds. The third kappa shape index (κ3) is 4.78. The van der Waals surface area contributed by atoms with Gasteiger partial charge in [0.2, 0.25) is 0 Å². The molecule has 2 saturated heterocycles. The van der Waals surface area contributed by atoms with Gasteiger partial charge in [0.15, 0.2) is 5.96 Å². The van der Waals surface area contributed by atoms with E-state index < -0.39 is 0 Å². The van der Waals surface area contributed by atoms with E-state index in [1.165, 1.54) is 12.8 Å². The molecule has 0 aliphatic carbocycles. The average Bonchev–Trinajstić information content (AvgIpc) is 2.53. The predicted octanol–water partition coefficient (Wildman–Crippen LogP) is 2.60. The highest BCUT2D eigenvalue weighted by Gasteiger charge is 2.32. The van der Waals surface area contributed by atoms with Crippen molar-refractivity contribution in [3.63, 3.8) is 0 Å². The molecule has 0 radical (unpaired) electrons. The SMILES string of the molecule is CCNC(=NCC1(SC)CCOCC1)N1CCC(C)CC1. The summed E-state index contributed by atoms with van der Waals surface area (Å²) in [5.74, 6) is 1.97. The van der Waals surface area contributed by atoms with Crippen molar-refractivity contribution in [2.45, 2.75) is 44.3 Å². The first-order valence-corrected chi connectivity index (χ1v) is 9.58. The van der Waals surface area contributed by atoms with Crippen molar-refractivity contribution in [3.05, 3.63) is 0 Å². The molecule has 5 heteroatoms. The van der Waals surface area contributed by atoms with Gasteiger partial charge in [0.05, 0.1) is 6.54 Å². The summed E-state index contributed by atoms with van der Waals surface area (Å²) < 4.78 is 5.80. The van der Waals surface area contributed by atoms with E-state index in [4.69, 9.17) is 9.73 Å². The molecule has 0 aromatic carbocycles. The van der Waals surface area contributed by atoms with E-state index in [0.717, 1.165) is 64.1 Å². The van der Waals surface area contributed by atoms with Crippen molar-refractivity contribution in [1.29, 1.82) is 0 Å². The van der Waals surface area contributed by atoms with E-state index in [1.807, 2.05) is 11.8 Å². The van der Waals surface area contributed by atoms with Gasteiger partial charge >= 0.3 is 0 Å². The number of nitrogens with one attached hydrogen (secondary N) is 1. The molecule has 0 aromatic rings. The molecule has 0 saturated carbocycles. The van der Waals surface area contributed by atoms with E-state index in [1.54, 1.807) is 0 Å². The average molecular weight is 314 g/mol. The topological polar surface area (TPSA) is 36.9 Å². The first-order chi connectivity index (χ1) is 10.2. The van der Waals surface area contributed by atoms with Crippen LogP contribution in [0.5, 0.6) is 0 Å². The number of rotatable bonds is 4. The highest BCUT2D eigenvalue weighted by atomic mass is 32.2. The summed E-state index contributed by atoms with van der Waals surface area (Å²) >= 11 is 1.97. The van der Waals surface area contributed by atoms with E-state index in [9.17, 15) is 0 Å². The largest absolute Gasteiger partial charge is 0.381 e. The molecule has 122 valence electrons. The van der Waals surface area contributed by atoms with Gasteiger partial charge in [-0.25, -0.2) is 0 Å². The second-order valence-electron chi connectivity index (χ2n) is 6.34. The molecule has 21 heavy (non-hydrogen) atoms. The van der Waals surface area contributed by atoms with Gasteiger partial charge in [-0.2, -0.15) is 11.8 Å². The Kier molecular flexibility index (Phi) is 6.68. The summed E-state index contributed by atoms with van der Waals surface area (Å²) in [4.78, 5) is 7.43. The Balaban J connectivity index is 1.99. The van der Waals surface area contributed by atoms with E-state index in [0.29, 0.717) is 0 Å². The Morgan fingerprint density at radius 2 is 2.00 bits per heavy atom. The zero-order valence-corrected chi connectivity index (χ0v) is 14.7. The lowest BCUT2D eigenvalue weighted by atomic mass is 9.99. The fraction of sp³-hybridized carbons (Fsp3) is 0.938. The van der Waals surface area contributed by atoms with Crippen molar-refractivity contribution < 1.29 is 4.74 Å².